The molecule has 3 aromatic heterocycles. The summed E-state index contributed by atoms with van der Waals surface area (Å²) < 4.78 is 0. The van der Waals surface area contributed by atoms with E-state index in [1.165, 1.54) is 23.3 Å². The van der Waals surface area contributed by atoms with Crippen LogP contribution in [0, 0.1) is 29.6 Å². The molecule has 4 aliphatic heterocycles. The van der Waals surface area contributed by atoms with Gasteiger partial charge in [-0.1, -0.05) is 57.2 Å². The number of fused-ring (bicyclic) bond motifs is 2. The number of para-hydroxylation sites is 1. The largest absolute Gasteiger partial charge is 0.507 e. The number of amides is 3. The number of hydrogen-bond donors (Lipinski definition) is 5. The van der Waals surface area contributed by atoms with Gasteiger partial charge in [-0.15, -0.1) is 21.5 Å². The summed E-state index contributed by atoms with van der Waals surface area (Å²) in [6.45, 7) is 10.3. The maximum atomic E-state index is 14.3. The summed E-state index contributed by atoms with van der Waals surface area (Å²) in [6.07, 6.45) is 18.4. The van der Waals surface area contributed by atoms with E-state index in [1.54, 1.807) is 23.5 Å². The number of likely N-dealkylation sites (tertiary alicyclic amines) is 2. The Morgan fingerprint density at radius 3 is 2.23 bits per heavy atom. The van der Waals surface area contributed by atoms with Crippen LogP contribution in [0.3, 0.4) is 0 Å². The number of piperidine rings is 2. The lowest BCUT2D eigenvalue weighted by molar-refractivity contribution is -0.146. The average Bonchev–Trinajstić information content (AvgIpc) is 4.15. The maximum absolute atomic E-state index is 14.3. The number of nitrogens with two attached hydrogens (primary N) is 1. The standard InChI is InChI=1S/C60H77N11O5S/c1-36-52(77-35-65-36)40-12-9-37(10-13-40)31-62-56(75)50-28-47(72)34-70(50)57(76)53(59(2,3)4)66-55(74)42-29-60(30-42)21-17-44(18-22-60)69-23-19-39(20-24-69)43-32-63-58(64-33-43)71-45-15-16-46(71)26-38(25-45)11-14-41-27-49(67-68-54(41)61)48-7-5-6-8-51(48)73/h5-10,12-13,27,32-33,35,38-39,42,44-47,50,53,72-73H,11,14-26,28-31,34H2,1-4H3,(H2,61,68)(H,62,75)(H,66,74)/t38?,42-,44-,45?,46?,47-,50+,53-,60?/m1/s1. The van der Waals surface area contributed by atoms with Crippen LogP contribution in [0.25, 0.3) is 21.7 Å². The minimum atomic E-state index is -0.833. The van der Waals surface area contributed by atoms with Crippen molar-refractivity contribution in [2.24, 2.45) is 22.7 Å². The summed E-state index contributed by atoms with van der Waals surface area (Å²) in [6, 6.07) is 17.0. The number of hydrogen-bond acceptors (Lipinski definition) is 14. The van der Waals surface area contributed by atoms with Crippen molar-refractivity contribution < 1.29 is 24.6 Å². The molecule has 5 aromatic rings. The number of carbonyl (C=O) groups excluding carboxylic acids is 3. The number of aromatic hydroxyl groups is 1. The van der Waals surface area contributed by atoms with E-state index in [9.17, 15) is 24.6 Å². The number of rotatable bonds is 14. The summed E-state index contributed by atoms with van der Waals surface area (Å²) in [4.78, 5) is 64.1. The zero-order valence-electron chi connectivity index (χ0n) is 45.2. The summed E-state index contributed by atoms with van der Waals surface area (Å²) >= 11 is 1.59. The fraction of sp³-hybridized carbons (Fsp3) is 0.567. The normalized spacial score (nSPS) is 27.1. The SMILES string of the molecule is Cc1ncsc1-c1ccc(CNC(=O)[C@@H]2C[C@@H](O)CN2C(=O)[C@@H](NC(=O)[C@H]2CC3(CC[C@H](N4CCC(c5cnc(N6C7CCC6CC(CCc6cc(-c8ccccc8O)nnc6N)C7)nc5)CC4)CC3)C2)C(C)(C)C)cc1. The molecule has 2 bridgehead atoms. The Kier molecular flexibility index (Phi) is 15.1. The highest BCUT2D eigenvalue weighted by atomic mass is 32.1. The number of thiazole rings is 1. The number of nitrogens with zero attached hydrogens (tertiary/aromatic N) is 8. The summed E-state index contributed by atoms with van der Waals surface area (Å²) in [5.41, 5.74) is 14.2. The number of anilines is 2. The summed E-state index contributed by atoms with van der Waals surface area (Å²) in [5, 5.41) is 35.8. The Morgan fingerprint density at radius 2 is 1.57 bits per heavy atom. The Hall–Kier alpha value is -6.04. The van der Waals surface area contributed by atoms with Crippen molar-refractivity contribution in [3.8, 4) is 27.4 Å². The number of nitrogens with one attached hydrogen (secondary N) is 2. The number of nitrogen functional groups attached to an aromatic ring is 1. The van der Waals surface area contributed by atoms with E-state index in [1.807, 2.05) is 75.7 Å². The highest BCUT2D eigenvalue weighted by molar-refractivity contribution is 7.13. The topological polar surface area (TPSA) is 216 Å². The van der Waals surface area contributed by atoms with Gasteiger partial charge in [0, 0.05) is 61.5 Å². The molecule has 408 valence electrons. The van der Waals surface area contributed by atoms with E-state index >= 15 is 0 Å². The van der Waals surface area contributed by atoms with E-state index in [2.05, 4.69) is 48.0 Å². The molecule has 2 aliphatic carbocycles. The van der Waals surface area contributed by atoms with Crippen LogP contribution in [0.5, 0.6) is 5.75 Å². The van der Waals surface area contributed by atoms with E-state index < -0.39 is 23.6 Å². The molecule has 6 N–H and O–H groups in total. The second kappa shape index (κ2) is 22.0. The van der Waals surface area contributed by atoms with Gasteiger partial charge >= 0.3 is 0 Å². The van der Waals surface area contributed by atoms with Crippen LogP contribution in [0.4, 0.5) is 11.8 Å². The van der Waals surface area contributed by atoms with E-state index in [0.717, 1.165) is 123 Å². The molecule has 7 heterocycles. The predicted molar refractivity (Wildman–Crippen MR) is 299 cm³/mol. The molecule has 6 fully saturated rings. The van der Waals surface area contributed by atoms with Crippen LogP contribution in [-0.4, -0.2) is 119 Å². The molecule has 3 amide bonds. The first-order valence-corrected chi connectivity index (χ1v) is 29.3. The molecule has 11 rings (SSSR count). The molecule has 6 aliphatic rings. The van der Waals surface area contributed by atoms with Crippen molar-refractivity contribution in [1.82, 2.24) is 45.6 Å². The minimum Gasteiger partial charge on any atom is -0.507 e. The zero-order valence-corrected chi connectivity index (χ0v) is 46.1. The lowest BCUT2D eigenvalue weighted by atomic mass is 9.55. The van der Waals surface area contributed by atoms with Gasteiger partial charge in [-0.25, -0.2) is 15.0 Å². The lowest BCUT2D eigenvalue weighted by Gasteiger charge is -2.53. The van der Waals surface area contributed by atoms with Crippen molar-refractivity contribution in [2.75, 3.05) is 30.3 Å². The number of phenols is 1. The highest BCUT2D eigenvalue weighted by Gasteiger charge is 2.51. The molecule has 0 radical (unpaired) electrons. The Labute approximate surface area is 457 Å². The molecule has 2 aromatic carbocycles. The van der Waals surface area contributed by atoms with Gasteiger partial charge in [0.25, 0.3) is 0 Å². The van der Waals surface area contributed by atoms with Crippen LogP contribution in [-0.2, 0) is 27.3 Å². The fourth-order valence-electron chi connectivity index (χ4n) is 14.1. The second-order valence-corrected chi connectivity index (χ2v) is 25.5. The number of benzene rings is 2. The van der Waals surface area contributed by atoms with Gasteiger partial charge < -0.3 is 41.3 Å². The van der Waals surface area contributed by atoms with Crippen LogP contribution in [0.1, 0.15) is 139 Å². The molecule has 2 saturated carbocycles. The van der Waals surface area contributed by atoms with Crippen molar-refractivity contribution in [2.45, 2.75) is 173 Å². The molecule has 1 spiro atoms. The van der Waals surface area contributed by atoms with Crippen LogP contribution in [0.15, 0.2) is 72.5 Å². The van der Waals surface area contributed by atoms with Gasteiger partial charge in [0.2, 0.25) is 23.7 Å². The number of carbonyl (C=O) groups is 3. The third-order valence-electron chi connectivity index (χ3n) is 18.6. The van der Waals surface area contributed by atoms with Gasteiger partial charge in [0.05, 0.1) is 27.9 Å². The number of β-amino-alcohol motifs (C(OH)–C–C–N with tert-alkyl or cyclic N) is 1. The summed E-state index contributed by atoms with van der Waals surface area (Å²) in [7, 11) is 0. The third-order valence-corrected chi connectivity index (χ3v) is 19.6. The van der Waals surface area contributed by atoms with Gasteiger partial charge in [-0.2, -0.15) is 0 Å². The van der Waals surface area contributed by atoms with Crippen LogP contribution in [0.2, 0.25) is 0 Å². The van der Waals surface area contributed by atoms with Gasteiger partial charge in [0.15, 0.2) is 0 Å². The number of aliphatic hydroxyl groups is 1. The number of aryl methyl sites for hydroxylation is 2. The first-order chi connectivity index (χ1) is 37.1. The van der Waals surface area contributed by atoms with E-state index in [0.29, 0.717) is 53.6 Å². The fourth-order valence-corrected chi connectivity index (χ4v) is 15.0. The zero-order chi connectivity index (χ0) is 53.6. The molecule has 16 nitrogen and oxygen atoms in total. The molecular formula is C60H77N11O5S. The third kappa shape index (κ3) is 11.3. The molecular weight excluding hydrogens is 987 g/mol. The monoisotopic (exact) mass is 1060 g/mol. The van der Waals surface area contributed by atoms with Gasteiger partial charge in [-0.3, -0.25) is 14.4 Å². The Bertz CT molecular complexity index is 2890. The smallest absolute Gasteiger partial charge is 0.246 e. The number of aliphatic hydroxyl groups excluding tert-OH is 1. The van der Waals surface area contributed by atoms with Gasteiger partial charge in [0.1, 0.15) is 23.7 Å². The van der Waals surface area contributed by atoms with Crippen molar-refractivity contribution >= 4 is 40.8 Å². The average molecular weight is 1060 g/mol. The van der Waals surface area contributed by atoms with E-state index in [-0.39, 0.29) is 47.8 Å². The van der Waals surface area contributed by atoms with Crippen molar-refractivity contribution in [3.63, 3.8) is 0 Å². The molecule has 2 unspecified atom stereocenters. The highest BCUT2D eigenvalue weighted by Crippen LogP contribution is 2.56. The van der Waals surface area contributed by atoms with Gasteiger partial charge in [-0.05, 0) is 173 Å². The predicted octanol–water partition coefficient (Wildman–Crippen LogP) is 8.36. The van der Waals surface area contributed by atoms with Crippen molar-refractivity contribution in [1.29, 1.82) is 0 Å². The number of phenolic OH excluding ortho intramolecular Hbond substituents is 1. The molecule has 77 heavy (non-hydrogen) atoms. The first-order valence-electron chi connectivity index (χ1n) is 28.4. The van der Waals surface area contributed by atoms with Crippen molar-refractivity contribution in [3.05, 3.63) is 94.9 Å². The molecule has 17 heteroatoms. The number of aromatic nitrogens is 5. The molecule has 4 saturated heterocycles. The maximum Gasteiger partial charge on any atom is 0.246 e. The summed E-state index contributed by atoms with van der Waals surface area (Å²) in [5.74, 6) is 1.70. The Balaban J connectivity index is 0.612. The first kappa shape index (κ1) is 53.0. The quantitative estimate of drug-likeness (QED) is 0.0708. The van der Waals surface area contributed by atoms with Crippen LogP contribution >= 0.6 is 11.3 Å². The second-order valence-electron chi connectivity index (χ2n) is 24.7. The van der Waals surface area contributed by atoms with Crippen LogP contribution < -0.4 is 21.3 Å². The lowest BCUT2D eigenvalue weighted by Crippen LogP contribution is -2.59. The molecule has 5 atom stereocenters. The Morgan fingerprint density at radius 1 is 0.870 bits per heavy atom. The van der Waals surface area contributed by atoms with E-state index in [4.69, 9.17) is 15.7 Å². The minimum absolute atomic E-state index is 0.0501.